The standard InChI is InChI=1S/C19H18N4O/c24-19(21-13-15-7-3-1-4-8-15)23-17-11-12-18(20-14-17)22-16-9-5-2-6-10-16/h1-12,14H,13H2,(H,20,22)(H2,21,23,24). The van der Waals surface area contributed by atoms with Crippen LogP contribution in [0, 0.1) is 0 Å². The summed E-state index contributed by atoms with van der Waals surface area (Å²) in [5.74, 6) is 0.719. The Hall–Kier alpha value is -3.34. The number of nitrogens with one attached hydrogen (secondary N) is 3. The number of pyridine rings is 1. The second-order valence-corrected chi connectivity index (χ2v) is 5.22. The number of benzene rings is 2. The summed E-state index contributed by atoms with van der Waals surface area (Å²) >= 11 is 0. The predicted octanol–water partition coefficient (Wildman–Crippen LogP) is 4.15. The number of amides is 2. The monoisotopic (exact) mass is 318 g/mol. The quantitative estimate of drug-likeness (QED) is 0.662. The molecule has 24 heavy (non-hydrogen) atoms. The second kappa shape index (κ2) is 7.78. The zero-order valence-electron chi connectivity index (χ0n) is 13.1. The third kappa shape index (κ3) is 4.58. The molecule has 0 spiro atoms. The van der Waals surface area contributed by atoms with E-state index >= 15 is 0 Å². The molecule has 5 nitrogen and oxygen atoms in total. The molecule has 3 N–H and O–H groups in total. The van der Waals surface area contributed by atoms with Crippen molar-refractivity contribution < 1.29 is 4.79 Å². The van der Waals surface area contributed by atoms with Gasteiger partial charge in [0.25, 0.3) is 0 Å². The van der Waals surface area contributed by atoms with Gasteiger partial charge in [-0.05, 0) is 29.8 Å². The third-order valence-electron chi connectivity index (χ3n) is 3.36. The Balaban J connectivity index is 1.51. The fourth-order valence-electron chi connectivity index (χ4n) is 2.16. The molecule has 2 amide bonds. The molecule has 120 valence electrons. The molecule has 5 heteroatoms. The van der Waals surface area contributed by atoms with Crippen LogP contribution in [0.4, 0.5) is 22.0 Å². The Morgan fingerprint density at radius 1 is 0.833 bits per heavy atom. The molecule has 0 radical (unpaired) electrons. The fraction of sp³-hybridized carbons (Fsp3) is 0.0526. The van der Waals surface area contributed by atoms with E-state index in [1.54, 1.807) is 12.3 Å². The lowest BCUT2D eigenvalue weighted by atomic mass is 10.2. The third-order valence-corrected chi connectivity index (χ3v) is 3.36. The van der Waals surface area contributed by atoms with E-state index in [-0.39, 0.29) is 6.03 Å². The minimum absolute atomic E-state index is 0.260. The minimum Gasteiger partial charge on any atom is -0.340 e. The molecule has 0 saturated heterocycles. The summed E-state index contributed by atoms with van der Waals surface area (Å²) in [7, 11) is 0. The average molecular weight is 318 g/mol. The van der Waals surface area contributed by atoms with Crippen LogP contribution in [0.15, 0.2) is 79.0 Å². The highest BCUT2D eigenvalue weighted by Crippen LogP contribution is 2.15. The van der Waals surface area contributed by atoms with E-state index in [0.29, 0.717) is 12.2 Å². The first-order chi connectivity index (χ1) is 11.8. The number of urea groups is 1. The van der Waals surface area contributed by atoms with E-state index in [1.165, 1.54) is 0 Å². The summed E-state index contributed by atoms with van der Waals surface area (Å²) in [6.07, 6.45) is 1.62. The molecule has 0 aliphatic rings. The summed E-state index contributed by atoms with van der Waals surface area (Å²) < 4.78 is 0. The van der Waals surface area contributed by atoms with Crippen LogP contribution in [0.25, 0.3) is 0 Å². The lowest BCUT2D eigenvalue weighted by Crippen LogP contribution is -2.28. The van der Waals surface area contributed by atoms with Crippen molar-refractivity contribution >= 4 is 23.2 Å². The van der Waals surface area contributed by atoms with E-state index in [4.69, 9.17) is 0 Å². The number of hydrogen-bond donors (Lipinski definition) is 3. The van der Waals surface area contributed by atoms with Crippen LogP contribution in [0.3, 0.4) is 0 Å². The maximum atomic E-state index is 11.9. The van der Waals surface area contributed by atoms with Gasteiger partial charge in [-0.15, -0.1) is 0 Å². The van der Waals surface area contributed by atoms with E-state index in [0.717, 1.165) is 17.1 Å². The van der Waals surface area contributed by atoms with Gasteiger partial charge < -0.3 is 16.0 Å². The fourth-order valence-corrected chi connectivity index (χ4v) is 2.16. The van der Waals surface area contributed by atoms with Crippen molar-refractivity contribution in [3.8, 4) is 0 Å². The number of para-hydroxylation sites is 1. The maximum Gasteiger partial charge on any atom is 0.319 e. The van der Waals surface area contributed by atoms with Gasteiger partial charge in [-0.1, -0.05) is 48.5 Å². The smallest absolute Gasteiger partial charge is 0.319 e. The molecule has 0 aliphatic carbocycles. The Morgan fingerprint density at radius 2 is 1.54 bits per heavy atom. The molecule has 3 aromatic rings. The molecule has 0 saturated carbocycles. The molecular weight excluding hydrogens is 300 g/mol. The molecule has 0 aliphatic heterocycles. The van der Waals surface area contributed by atoms with Crippen molar-refractivity contribution in [3.05, 3.63) is 84.6 Å². The largest absolute Gasteiger partial charge is 0.340 e. The van der Waals surface area contributed by atoms with Crippen LogP contribution in [0.5, 0.6) is 0 Å². The number of rotatable bonds is 5. The van der Waals surface area contributed by atoms with Gasteiger partial charge in [-0.3, -0.25) is 0 Å². The SMILES string of the molecule is O=C(NCc1ccccc1)Nc1ccc(Nc2ccccc2)nc1. The van der Waals surface area contributed by atoms with Gasteiger partial charge in [0.05, 0.1) is 11.9 Å². The first-order valence-corrected chi connectivity index (χ1v) is 7.66. The van der Waals surface area contributed by atoms with Crippen molar-refractivity contribution in [1.82, 2.24) is 10.3 Å². The van der Waals surface area contributed by atoms with E-state index in [9.17, 15) is 4.79 Å². The Kier molecular flexibility index (Phi) is 5.04. The van der Waals surface area contributed by atoms with Crippen LogP contribution in [0.1, 0.15) is 5.56 Å². The van der Waals surface area contributed by atoms with Crippen molar-refractivity contribution in [1.29, 1.82) is 0 Å². The summed E-state index contributed by atoms with van der Waals surface area (Å²) in [6, 6.07) is 22.9. The Morgan fingerprint density at radius 3 is 2.21 bits per heavy atom. The number of aromatic nitrogens is 1. The highest BCUT2D eigenvalue weighted by atomic mass is 16.2. The highest BCUT2D eigenvalue weighted by Gasteiger charge is 2.02. The predicted molar refractivity (Wildman–Crippen MR) is 96.3 cm³/mol. The van der Waals surface area contributed by atoms with Crippen LogP contribution >= 0.6 is 0 Å². The first kappa shape index (κ1) is 15.6. The lowest BCUT2D eigenvalue weighted by Gasteiger charge is -2.09. The second-order valence-electron chi connectivity index (χ2n) is 5.22. The van der Waals surface area contributed by atoms with Crippen molar-refractivity contribution in [2.45, 2.75) is 6.54 Å². The summed E-state index contributed by atoms with van der Waals surface area (Å²) in [5, 5.41) is 8.76. The van der Waals surface area contributed by atoms with Gasteiger partial charge in [0.2, 0.25) is 0 Å². The zero-order chi connectivity index (χ0) is 16.6. The van der Waals surface area contributed by atoms with Gasteiger partial charge in [-0.25, -0.2) is 9.78 Å². The first-order valence-electron chi connectivity index (χ1n) is 7.66. The van der Waals surface area contributed by atoms with Crippen molar-refractivity contribution in [2.75, 3.05) is 10.6 Å². The molecular formula is C19H18N4O. The Labute approximate surface area is 140 Å². The normalized spacial score (nSPS) is 10.0. The van der Waals surface area contributed by atoms with Gasteiger partial charge in [0.1, 0.15) is 5.82 Å². The molecule has 0 fully saturated rings. The molecule has 3 rings (SSSR count). The lowest BCUT2D eigenvalue weighted by molar-refractivity contribution is 0.251. The molecule has 0 bridgehead atoms. The average Bonchev–Trinajstić information content (AvgIpc) is 2.63. The molecule has 2 aromatic carbocycles. The van der Waals surface area contributed by atoms with Gasteiger partial charge in [0, 0.05) is 12.2 Å². The van der Waals surface area contributed by atoms with E-state index in [2.05, 4.69) is 20.9 Å². The molecule has 0 atom stereocenters. The summed E-state index contributed by atoms with van der Waals surface area (Å²) in [4.78, 5) is 16.2. The number of anilines is 3. The number of carbonyl (C=O) groups excluding carboxylic acids is 1. The summed E-state index contributed by atoms with van der Waals surface area (Å²) in [5.41, 5.74) is 2.65. The van der Waals surface area contributed by atoms with Gasteiger partial charge in [-0.2, -0.15) is 0 Å². The van der Waals surface area contributed by atoms with Gasteiger partial charge in [0.15, 0.2) is 0 Å². The van der Waals surface area contributed by atoms with Crippen LogP contribution in [0.2, 0.25) is 0 Å². The van der Waals surface area contributed by atoms with E-state index in [1.807, 2.05) is 66.7 Å². The minimum atomic E-state index is -0.260. The van der Waals surface area contributed by atoms with E-state index < -0.39 is 0 Å². The van der Waals surface area contributed by atoms with Gasteiger partial charge >= 0.3 is 6.03 Å². The summed E-state index contributed by atoms with van der Waals surface area (Å²) in [6.45, 7) is 0.480. The van der Waals surface area contributed by atoms with Crippen LogP contribution in [-0.4, -0.2) is 11.0 Å². The number of nitrogens with zero attached hydrogens (tertiary/aromatic N) is 1. The molecule has 1 heterocycles. The maximum absolute atomic E-state index is 11.9. The topological polar surface area (TPSA) is 66.1 Å². The van der Waals surface area contributed by atoms with Crippen molar-refractivity contribution in [2.24, 2.45) is 0 Å². The molecule has 0 unspecified atom stereocenters. The number of carbonyl (C=O) groups is 1. The highest BCUT2D eigenvalue weighted by molar-refractivity contribution is 5.89. The zero-order valence-corrected chi connectivity index (χ0v) is 13.1. The van der Waals surface area contributed by atoms with Crippen molar-refractivity contribution in [3.63, 3.8) is 0 Å². The molecule has 1 aromatic heterocycles. The Bertz CT molecular complexity index is 773. The van der Waals surface area contributed by atoms with Crippen LogP contribution in [-0.2, 0) is 6.54 Å². The van der Waals surface area contributed by atoms with Crippen LogP contribution < -0.4 is 16.0 Å². The number of hydrogen-bond acceptors (Lipinski definition) is 3.